The monoisotopic (exact) mass is 370 g/mol. The molecule has 0 bridgehead atoms. The van der Waals surface area contributed by atoms with E-state index in [0.29, 0.717) is 23.9 Å². The van der Waals surface area contributed by atoms with Gasteiger partial charge >= 0.3 is 0 Å². The Labute approximate surface area is 156 Å². The maximum atomic E-state index is 12.4. The predicted octanol–water partition coefficient (Wildman–Crippen LogP) is 3.17. The first-order valence-electron chi connectivity index (χ1n) is 8.53. The number of nitrogens with one attached hydrogen (secondary N) is 1. The van der Waals surface area contributed by atoms with Crippen molar-refractivity contribution in [2.45, 2.75) is 6.54 Å². The lowest BCUT2D eigenvalue weighted by Crippen LogP contribution is -2.36. The molecule has 0 aliphatic carbocycles. The molecule has 3 aromatic rings. The number of fused-ring (bicyclic) bond motifs is 1. The third-order valence-corrected chi connectivity index (χ3v) is 4.73. The fourth-order valence-corrected chi connectivity index (χ4v) is 3.44. The molecule has 1 aliphatic heterocycles. The van der Waals surface area contributed by atoms with Crippen LogP contribution in [0.1, 0.15) is 0 Å². The molecule has 0 spiro atoms. The van der Waals surface area contributed by atoms with E-state index in [4.69, 9.17) is 16.3 Å². The summed E-state index contributed by atoms with van der Waals surface area (Å²) in [5.74, 6) is -0.122. The largest absolute Gasteiger partial charge is 0.378 e. The number of halogens is 1. The van der Waals surface area contributed by atoms with E-state index in [-0.39, 0.29) is 12.5 Å². The highest BCUT2D eigenvalue weighted by Crippen LogP contribution is 2.29. The van der Waals surface area contributed by atoms with Crippen molar-refractivity contribution in [3.63, 3.8) is 0 Å². The van der Waals surface area contributed by atoms with Gasteiger partial charge in [0.25, 0.3) is 0 Å². The predicted molar refractivity (Wildman–Crippen MR) is 103 cm³/mol. The second-order valence-electron chi connectivity index (χ2n) is 6.17. The molecule has 1 saturated heterocycles. The molecule has 6 nitrogen and oxygen atoms in total. The standard InChI is InChI=1S/C19H19ClN4O2/c20-15-11-14(5-6-17(15)23-7-9-26-10-8-23)22-19(25)12-24-13-21-16-3-1-2-4-18(16)24/h1-6,11,13H,7-10,12H2,(H,22,25). The van der Waals surface area contributed by atoms with Crippen molar-refractivity contribution in [3.8, 4) is 0 Å². The van der Waals surface area contributed by atoms with E-state index >= 15 is 0 Å². The number of imidazole rings is 1. The molecule has 4 rings (SSSR count). The van der Waals surface area contributed by atoms with Gasteiger partial charge in [-0.05, 0) is 30.3 Å². The van der Waals surface area contributed by atoms with Gasteiger partial charge in [-0.2, -0.15) is 0 Å². The van der Waals surface area contributed by atoms with E-state index in [0.717, 1.165) is 29.8 Å². The first-order valence-corrected chi connectivity index (χ1v) is 8.90. The van der Waals surface area contributed by atoms with Gasteiger partial charge in [0.1, 0.15) is 6.54 Å². The summed E-state index contributed by atoms with van der Waals surface area (Å²) in [6.45, 7) is 3.24. The lowest BCUT2D eigenvalue weighted by Gasteiger charge is -2.29. The van der Waals surface area contributed by atoms with Crippen molar-refractivity contribution < 1.29 is 9.53 Å². The fraction of sp³-hybridized carbons (Fsp3) is 0.263. The number of carbonyl (C=O) groups excluding carboxylic acids is 1. The van der Waals surface area contributed by atoms with E-state index in [9.17, 15) is 4.79 Å². The van der Waals surface area contributed by atoms with Crippen LogP contribution in [0.4, 0.5) is 11.4 Å². The van der Waals surface area contributed by atoms with E-state index in [1.807, 2.05) is 41.0 Å². The second kappa shape index (κ2) is 7.35. The Kier molecular flexibility index (Phi) is 4.77. The maximum Gasteiger partial charge on any atom is 0.244 e. The highest BCUT2D eigenvalue weighted by molar-refractivity contribution is 6.33. The Morgan fingerprint density at radius 1 is 1.19 bits per heavy atom. The zero-order valence-corrected chi connectivity index (χ0v) is 14.9. The lowest BCUT2D eigenvalue weighted by molar-refractivity contribution is -0.116. The minimum atomic E-state index is -0.122. The molecule has 7 heteroatoms. The summed E-state index contributed by atoms with van der Waals surface area (Å²) < 4.78 is 7.20. The number of hydrogen-bond donors (Lipinski definition) is 1. The van der Waals surface area contributed by atoms with Crippen LogP contribution < -0.4 is 10.2 Å². The summed E-state index contributed by atoms with van der Waals surface area (Å²) in [5, 5.41) is 3.52. The molecule has 0 unspecified atom stereocenters. The van der Waals surface area contributed by atoms with Crippen molar-refractivity contribution in [1.82, 2.24) is 9.55 Å². The number of para-hydroxylation sites is 2. The zero-order valence-electron chi connectivity index (χ0n) is 14.2. The van der Waals surface area contributed by atoms with Crippen LogP contribution in [-0.2, 0) is 16.1 Å². The van der Waals surface area contributed by atoms with Crippen LogP contribution in [0.25, 0.3) is 11.0 Å². The SMILES string of the molecule is O=C(Cn1cnc2ccccc21)Nc1ccc(N2CCOCC2)c(Cl)c1. The third kappa shape index (κ3) is 3.52. The molecule has 1 aliphatic rings. The molecule has 134 valence electrons. The molecular formula is C19H19ClN4O2. The first-order chi connectivity index (χ1) is 12.7. The van der Waals surface area contributed by atoms with Crippen LogP contribution in [0, 0.1) is 0 Å². The molecule has 26 heavy (non-hydrogen) atoms. The van der Waals surface area contributed by atoms with Crippen molar-refractivity contribution in [1.29, 1.82) is 0 Å². The summed E-state index contributed by atoms with van der Waals surface area (Å²) in [5.41, 5.74) is 3.46. The number of morpholine rings is 1. The number of hydrogen-bond acceptors (Lipinski definition) is 4. The number of benzene rings is 2. The van der Waals surface area contributed by atoms with Gasteiger partial charge in [-0.1, -0.05) is 23.7 Å². The average Bonchev–Trinajstić information content (AvgIpc) is 3.05. The van der Waals surface area contributed by atoms with Gasteiger partial charge in [-0.3, -0.25) is 4.79 Å². The number of ether oxygens (including phenoxy) is 1. The third-order valence-electron chi connectivity index (χ3n) is 4.42. The molecule has 1 N–H and O–H groups in total. The quantitative estimate of drug-likeness (QED) is 0.766. The minimum absolute atomic E-state index is 0.122. The molecule has 2 aromatic carbocycles. The summed E-state index contributed by atoms with van der Waals surface area (Å²) >= 11 is 6.42. The number of nitrogens with zero attached hydrogens (tertiary/aromatic N) is 3. The number of anilines is 2. The molecule has 1 aromatic heterocycles. The van der Waals surface area contributed by atoms with Crippen LogP contribution in [0.2, 0.25) is 5.02 Å². The normalized spacial score (nSPS) is 14.6. The molecule has 2 heterocycles. The van der Waals surface area contributed by atoms with Crippen LogP contribution in [-0.4, -0.2) is 41.8 Å². The molecule has 0 saturated carbocycles. The number of rotatable bonds is 4. The molecule has 1 fully saturated rings. The number of amides is 1. The van der Waals surface area contributed by atoms with Crippen molar-refractivity contribution in [2.24, 2.45) is 0 Å². The van der Waals surface area contributed by atoms with Gasteiger partial charge < -0.3 is 19.5 Å². The summed E-state index contributed by atoms with van der Waals surface area (Å²) in [6, 6.07) is 13.3. The van der Waals surface area contributed by atoms with Gasteiger partial charge in [0.15, 0.2) is 0 Å². The Morgan fingerprint density at radius 3 is 2.81 bits per heavy atom. The van der Waals surface area contributed by atoms with E-state index in [2.05, 4.69) is 15.2 Å². The Morgan fingerprint density at radius 2 is 2.00 bits per heavy atom. The molecule has 0 radical (unpaired) electrons. The molecule has 1 amide bonds. The van der Waals surface area contributed by atoms with E-state index < -0.39 is 0 Å². The van der Waals surface area contributed by atoms with Gasteiger partial charge in [0.2, 0.25) is 5.91 Å². The highest BCUT2D eigenvalue weighted by atomic mass is 35.5. The average molecular weight is 371 g/mol. The van der Waals surface area contributed by atoms with E-state index in [1.165, 1.54) is 0 Å². The van der Waals surface area contributed by atoms with Crippen molar-refractivity contribution in [3.05, 3.63) is 53.8 Å². The van der Waals surface area contributed by atoms with Crippen LogP contribution in [0.5, 0.6) is 0 Å². The zero-order chi connectivity index (χ0) is 17.9. The van der Waals surface area contributed by atoms with Gasteiger partial charge in [-0.25, -0.2) is 4.98 Å². The maximum absolute atomic E-state index is 12.4. The van der Waals surface area contributed by atoms with Gasteiger partial charge in [0.05, 0.1) is 41.3 Å². The number of carbonyl (C=O) groups is 1. The Hall–Kier alpha value is -2.57. The summed E-state index contributed by atoms with van der Waals surface area (Å²) in [6.07, 6.45) is 1.68. The van der Waals surface area contributed by atoms with E-state index in [1.54, 1.807) is 12.4 Å². The minimum Gasteiger partial charge on any atom is -0.378 e. The first kappa shape index (κ1) is 16.9. The van der Waals surface area contributed by atoms with Gasteiger partial charge in [-0.15, -0.1) is 0 Å². The summed E-state index contributed by atoms with van der Waals surface area (Å²) in [4.78, 5) is 18.9. The molecular weight excluding hydrogens is 352 g/mol. The van der Waals surface area contributed by atoms with Crippen molar-refractivity contribution >= 4 is 39.9 Å². The fourth-order valence-electron chi connectivity index (χ4n) is 3.14. The molecule has 0 atom stereocenters. The Bertz CT molecular complexity index is 934. The highest BCUT2D eigenvalue weighted by Gasteiger charge is 2.15. The lowest BCUT2D eigenvalue weighted by atomic mass is 10.2. The topological polar surface area (TPSA) is 59.4 Å². The summed E-state index contributed by atoms with van der Waals surface area (Å²) in [7, 11) is 0. The van der Waals surface area contributed by atoms with Gasteiger partial charge in [0, 0.05) is 18.8 Å². The number of aromatic nitrogens is 2. The van der Waals surface area contributed by atoms with Crippen molar-refractivity contribution in [2.75, 3.05) is 36.5 Å². The Balaban J connectivity index is 1.45. The smallest absolute Gasteiger partial charge is 0.244 e. The van der Waals surface area contributed by atoms with Crippen LogP contribution in [0.15, 0.2) is 48.8 Å². The van der Waals surface area contributed by atoms with Crippen LogP contribution >= 0.6 is 11.6 Å². The second-order valence-corrected chi connectivity index (χ2v) is 6.58. The van der Waals surface area contributed by atoms with Crippen LogP contribution in [0.3, 0.4) is 0 Å².